The van der Waals surface area contributed by atoms with Gasteiger partial charge in [-0.1, -0.05) is 47.5 Å². The molecule has 2 nitrogen and oxygen atoms in total. The van der Waals surface area contributed by atoms with Gasteiger partial charge in [-0.25, -0.2) is 0 Å². The molecule has 1 N–H and O–H groups in total. The Bertz CT molecular complexity index is 248. The Kier molecular flexibility index (Phi) is 6.82. The third kappa shape index (κ3) is 6.76. The van der Waals surface area contributed by atoms with Gasteiger partial charge >= 0.3 is 0 Å². The van der Waals surface area contributed by atoms with Gasteiger partial charge in [0, 0.05) is 19.1 Å². The smallest absolute Gasteiger partial charge is 0.00949 e. The quantitative estimate of drug-likeness (QED) is 0.756. The van der Waals surface area contributed by atoms with Crippen LogP contribution in [0.2, 0.25) is 0 Å². The van der Waals surface area contributed by atoms with Crippen LogP contribution in [0.15, 0.2) is 0 Å². The van der Waals surface area contributed by atoms with Crippen LogP contribution in [-0.4, -0.2) is 37.6 Å². The molecule has 0 spiro atoms. The van der Waals surface area contributed by atoms with Gasteiger partial charge in [-0.15, -0.1) is 0 Å². The van der Waals surface area contributed by atoms with Crippen molar-refractivity contribution >= 4 is 0 Å². The maximum absolute atomic E-state index is 3.62. The van der Waals surface area contributed by atoms with Crippen LogP contribution < -0.4 is 5.32 Å². The normalized spacial score (nSPS) is 25.3. The zero-order valence-electron chi connectivity index (χ0n) is 14.1. The van der Waals surface area contributed by atoms with E-state index in [0.29, 0.717) is 5.41 Å². The second kappa shape index (κ2) is 7.64. The lowest BCUT2D eigenvalue weighted by molar-refractivity contribution is 0.115. The summed E-state index contributed by atoms with van der Waals surface area (Å²) in [5, 5.41) is 3.62. The Morgan fingerprint density at radius 3 is 2.53 bits per heavy atom. The highest BCUT2D eigenvalue weighted by Gasteiger charge is 2.27. The van der Waals surface area contributed by atoms with E-state index in [4.69, 9.17) is 0 Å². The molecule has 1 rings (SSSR count). The molecule has 1 aliphatic carbocycles. The van der Waals surface area contributed by atoms with Gasteiger partial charge in [-0.3, -0.25) is 0 Å². The largest absolute Gasteiger partial charge is 0.316 e. The molecule has 0 aromatic carbocycles. The minimum absolute atomic E-state index is 0.365. The molecule has 2 unspecified atom stereocenters. The predicted molar refractivity (Wildman–Crippen MR) is 85.5 cm³/mol. The first kappa shape index (κ1) is 17.0. The third-order valence-corrected chi connectivity index (χ3v) is 4.37. The van der Waals surface area contributed by atoms with Crippen molar-refractivity contribution in [3.05, 3.63) is 0 Å². The Morgan fingerprint density at radius 1 is 1.26 bits per heavy atom. The van der Waals surface area contributed by atoms with Crippen molar-refractivity contribution in [1.82, 2.24) is 10.2 Å². The molecule has 0 heterocycles. The molecule has 1 saturated carbocycles. The SMILES string of the molecule is CC(C)CNCC(C)(C)CN(C)C1CCCC(C)C1. The maximum atomic E-state index is 3.62. The van der Waals surface area contributed by atoms with Crippen molar-refractivity contribution in [1.29, 1.82) is 0 Å². The lowest BCUT2D eigenvalue weighted by Gasteiger charge is -2.39. The predicted octanol–water partition coefficient (Wildman–Crippen LogP) is 3.77. The Hall–Kier alpha value is -0.0800. The summed E-state index contributed by atoms with van der Waals surface area (Å²) in [6.45, 7) is 15.2. The summed E-state index contributed by atoms with van der Waals surface area (Å²) in [4.78, 5) is 2.62. The zero-order chi connectivity index (χ0) is 14.5. The summed E-state index contributed by atoms with van der Waals surface area (Å²) in [6.07, 6.45) is 5.65. The van der Waals surface area contributed by atoms with Crippen LogP contribution in [0, 0.1) is 17.3 Å². The van der Waals surface area contributed by atoms with Crippen molar-refractivity contribution in [2.75, 3.05) is 26.7 Å². The van der Waals surface area contributed by atoms with E-state index in [0.717, 1.165) is 31.0 Å². The van der Waals surface area contributed by atoms with Gasteiger partial charge in [0.25, 0.3) is 0 Å². The molecular formula is C17H36N2. The van der Waals surface area contributed by atoms with Crippen LogP contribution in [0.4, 0.5) is 0 Å². The highest BCUT2D eigenvalue weighted by Crippen LogP contribution is 2.28. The molecule has 0 aliphatic heterocycles. The molecule has 0 bridgehead atoms. The van der Waals surface area contributed by atoms with Crippen LogP contribution >= 0.6 is 0 Å². The van der Waals surface area contributed by atoms with Crippen LogP contribution in [0.5, 0.6) is 0 Å². The molecule has 114 valence electrons. The number of rotatable bonds is 7. The zero-order valence-corrected chi connectivity index (χ0v) is 14.1. The van der Waals surface area contributed by atoms with Crippen LogP contribution in [0.3, 0.4) is 0 Å². The van der Waals surface area contributed by atoms with Gasteiger partial charge in [0.05, 0.1) is 0 Å². The molecule has 19 heavy (non-hydrogen) atoms. The first-order valence-electron chi connectivity index (χ1n) is 8.21. The van der Waals surface area contributed by atoms with Gasteiger partial charge in [-0.05, 0) is 43.7 Å². The lowest BCUT2D eigenvalue weighted by atomic mass is 9.85. The fourth-order valence-corrected chi connectivity index (χ4v) is 3.36. The third-order valence-electron chi connectivity index (χ3n) is 4.37. The van der Waals surface area contributed by atoms with Crippen LogP contribution in [0.1, 0.15) is 60.3 Å². The van der Waals surface area contributed by atoms with E-state index < -0.39 is 0 Å². The van der Waals surface area contributed by atoms with Gasteiger partial charge < -0.3 is 10.2 Å². The molecule has 1 fully saturated rings. The first-order valence-corrected chi connectivity index (χ1v) is 8.21. The Morgan fingerprint density at radius 2 is 1.95 bits per heavy atom. The minimum atomic E-state index is 0.365. The van der Waals surface area contributed by atoms with E-state index in [-0.39, 0.29) is 0 Å². The van der Waals surface area contributed by atoms with E-state index in [2.05, 4.69) is 51.9 Å². The summed E-state index contributed by atoms with van der Waals surface area (Å²) in [7, 11) is 2.33. The Balaban J connectivity index is 2.34. The molecule has 0 amide bonds. The topological polar surface area (TPSA) is 15.3 Å². The monoisotopic (exact) mass is 268 g/mol. The molecule has 0 radical (unpaired) electrons. The Labute approximate surface area is 121 Å². The van der Waals surface area contributed by atoms with E-state index in [1.807, 2.05) is 0 Å². The van der Waals surface area contributed by atoms with E-state index in [1.165, 1.54) is 32.2 Å². The molecule has 0 aromatic rings. The summed E-state index contributed by atoms with van der Waals surface area (Å²) in [5.74, 6) is 1.66. The van der Waals surface area contributed by atoms with Gasteiger partial charge in [-0.2, -0.15) is 0 Å². The molecule has 0 saturated heterocycles. The van der Waals surface area contributed by atoms with Crippen molar-refractivity contribution in [2.24, 2.45) is 17.3 Å². The molecule has 0 aromatic heterocycles. The standard InChI is InChI=1S/C17H36N2/c1-14(2)11-18-12-17(4,5)13-19(6)16-9-7-8-15(3)10-16/h14-16,18H,7-13H2,1-6H3. The van der Waals surface area contributed by atoms with Crippen LogP contribution in [-0.2, 0) is 0 Å². The highest BCUT2D eigenvalue weighted by atomic mass is 15.1. The molecule has 2 atom stereocenters. The second-order valence-corrected chi connectivity index (χ2v) is 8.03. The highest BCUT2D eigenvalue weighted by molar-refractivity contribution is 4.82. The van der Waals surface area contributed by atoms with E-state index in [9.17, 15) is 0 Å². The summed E-state index contributed by atoms with van der Waals surface area (Å²) in [5.41, 5.74) is 0.365. The first-order chi connectivity index (χ1) is 8.80. The summed E-state index contributed by atoms with van der Waals surface area (Å²) >= 11 is 0. The minimum Gasteiger partial charge on any atom is -0.316 e. The van der Waals surface area contributed by atoms with E-state index >= 15 is 0 Å². The molecule has 2 heteroatoms. The fourth-order valence-electron chi connectivity index (χ4n) is 3.36. The number of hydrogen-bond donors (Lipinski definition) is 1. The number of nitrogens with zero attached hydrogens (tertiary/aromatic N) is 1. The average molecular weight is 268 g/mol. The van der Waals surface area contributed by atoms with Crippen molar-refractivity contribution in [3.63, 3.8) is 0 Å². The fraction of sp³-hybridized carbons (Fsp3) is 1.00. The van der Waals surface area contributed by atoms with Crippen molar-refractivity contribution in [3.8, 4) is 0 Å². The maximum Gasteiger partial charge on any atom is 0.00949 e. The van der Waals surface area contributed by atoms with Crippen LogP contribution in [0.25, 0.3) is 0 Å². The van der Waals surface area contributed by atoms with Gasteiger partial charge in [0.2, 0.25) is 0 Å². The summed E-state index contributed by atoms with van der Waals surface area (Å²) < 4.78 is 0. The van der Waals surface area contributed by atoms with Gasteiger partial charge in [0.15, 0.2) is 0 Å². The summed E-state index contributed by atoms with van der Waals surface area (Å²) in [6, 6.07) is 0.813. The van der Waals surface area contributed by atoms with E-state index in [1.54, 1.807) is 0 Å². The number of nitrogens with one attached hydrogen (secondary N) is 1. The second-order valence-electron chi connectivity index (χ2n) is 8.03. The molecule has 1 aliphatic rings. The van der Waals surface area contributed by atoms with Gasteiger partial charge in [0.1, 0.15) is 0 Å². The van der Waals surface area contributed by atoms with Crippen molar-refractivity contribution < 1.29 is 0 Å². The lowest BCUT2D eigenvalue weighted by Crippen LogP contribution is -2.44. The number of hydrogen-bond acceptors (Lipinski definition) is 2. The average Bonchev–Trinajstić information content (AvgIpc) is 2.27. The van der Waals surface area contributed by atoms with Crippen molar-refractivity contribution in [2.45, 2.75) is 66.3 Å². The molecular weight excluding hydrogens is 232 g/mol.